The first kappa shape index (κ1) is 19.3. The van der Waals surface area contributed by atoms with Gasteiger partial charge in [-0.2, -0.15) is 0 Å². The molecule has 0 radical (unpaired) electrons. The van der Waals surface area contributed by atoms with Crippen molar-refractivity contribution in [1.29, 1.82) is 0 Å². The van der Waals surface area contributed by atoms with Gasteiger partial charge in [-0.25, -0.2) is 4.98 Å². The molecule has 1 aromatic carbocycles. The van der Waals surface area contributed by atoms with Crippen LogP contribution in [0.3, 0.4) is 0 Å². The zero-order valence-electron chi connectivity index (χ0n) is 17.0. The highest BCUT2D eigenvalue weighted by molar-refractivity contribution is 5.94. The Morgan fingerprint density at radius 1 is 1.17 bits per heavy atom. The Morgan fingerprint density at radius 3 is 2.72 bits per heavy atom. The molecule has 6 nitrogen and oxygen atoms in total. The Labute approximate surface area is 170 Å². The van der Waals surface area contributed by atoms with Crippen molar-refractivity contribution in [2.45, 2.75) is 33.3 Å². The van der Waals surface area contributed by atoms with E-state index in [1.54, 1.807) is 0 Å². The summed E-state index contributed by atoms with van der Waals surface area (Å²) < 4.78 is 11.4. The molecule has 3 heterocycles. The van der Waals surface area contributed by atoms with Gasteiger partial charge in [-0.15, -0.1) is 0 Å². The summed E-state index contributed by atoms with van der Waals surface area (Å²) in [6.45, 7) is 7.51. The SMILES string of the molecule is CCc1onc(C)c1-c1cccc([C@@H]2CN(C(=O)c3ccc(C)cc3)CCO2)n1. The Hall–Kier alpha value is -2.99. The number of pyridine rings is 1. The maximum atomic E-state index is 12.9. The number of aromatic nitrogens is 2. The molecule has 4 rings (SSSR count). The van der Waals surface area contributed by atoms with Gasteiger partial charge in [0.2, 0.25) is 0 Å². The van der Waals surface area contributed by atoms with Crippen LogP contribution in [-0.2, 0) is 11.2 Å². The molecule has 0 spiro atoms. The second kappa shape index (κ2) is 8.17. The van der Waals surface area contributed by atoms with E-state index in [1.165, 1.54) is 0 Å². The molecule has 1 saturated heterocycles. The number of hydrogen-bond acceptors (Lipinski definition) is 5. The molecule has 1 amide bonds. The molecule has 1 aliphatic rings. The number of carbonyl (C=O) groups excluding carboxylic acids is 1. The highest BCUT2D eigenvalue weighted by atomic mass is 16.5. The van der Waals surface area contributed by atoms with E-state index in [4.69, 9.17) is 14.2 Å². The molecule has 0 saturated carbocycles. The number of aryl methyl sites for hydroxylation is 3. The maximum absolute atomic E-state index is 12.9. The molecule has 0 unspecified atom stereocenters. The Bertz CT molecular complexity index is 1010. The van der Waals surface area contributed by atoms with E-state index in [2.05, 4.69) is 5.16 Å². The van der Waals surface area contributed by atoms with Crippen LogP contribution in [0.25, 0.3) is 11.3 Å². The van der Waals surface area contributed by atoms with Crippen molar-refractivity contribution >= 4 is 5.91 Å². The van der Waals surface area contributed by atoms with Gasteiger partial charge in [-0.3, -0.25) is 4.79 Å². The summed E-state index contributed by atoms with van der Waals surface area (Å²) in [4.78, 5) is 19.6. The molecule has 0 bridgehead atoms. The number of benzene rings is 1. The van der Waals surface area contributed by atoms with Crippen molar-refractivity contribution in [3.05, 3.63) is 70.7 Å². The minimum absolute atomic E-state index is 0.0256. The van der Waals surface area contributed by atoms with Crippen molar-refractivity contribution in [3.63, 3.8) is 0 Å². The van der Waals surface area contributed by atoms with Crippen LogP contribution in [0.5, 0.6) is 0 Å². The first-order valence-corrected chi connectivity index (χ1v) is 9.97. The van der Waals surface area contributed by atoms with Crippen molar-refractivity contribution in [1.82, 2.24) is 15.0 Å². The van der Waals surface area contributed by atoms with Crippen molar-refractivity contribution in [2.24, 2.45) is 0 Å². The van der Waals surface area contributed by atoms with E-state index in [0.717, 1.165) is 40.4 Å². The van der Waals surface area contributed by atoms with E-state index >= 15 is 0 Å². The van der Waals surface area contributed by atoms with Gasteiger partial charge < -0.3 is 14.2 Å². The Balaban J connectivity index is 1.56. The van der Waals surface area contributed by atoms with Gasteiger partial charge in [-0.05, 0) is 38.1 Å². The molecule has 0 aliphatic carbocycles. The summed E-state index contributed by atoms with van der Waals surface area (Å²) in [6.07, 6.45) is 0.490. The van der Waals surface area contributed by atoms with Crippen LogP contribution < -0.4 is 0 Å². The topological polar surface area (TPSA) is 68.5 Å². The van der Waals surface area contributed by atoms with Crippen LogP contribution in [0.1, 0.15) is 46.1 Å². The molecule has 2 aromatic heterocycles. The quantitative estimate of drug-likeness (QED) is 0.669. The van der Waals surface area contributed by atoms with E-state index in [1.807, 2.05) is 68.1 Å². The van der Waals surface area contributed by atoms with E-state index < -0.39 is 0 Å². The lowest BCUT2D eigenvalue weighted by molar-refractivity contribution is -0.0246. The highest BCUT2D eigenvalue weighted by Gasteiger charge is 2.27. The Kier molecular flexibility index (Phi) is 5.45. The number of rotatable bonds is 4. The molecule has 1 fully saturated rings. The van der Waals surface area contributed by atoms with Gasteiger partial charge in [0, 0.05) is 18.5 Å². The zero-order valence-corrected chi connectivity index (χ0v) is 17.0. The van der Waals surface area contributed by atoms with Crippen molar-refractivity contribution in [3.8, 4) is 11.3 Å². The number of morpholine rings is 1. The summed E-state index contributed by atoms with van der Waals surface area (Å²) >= 11 is 0. The number of ether oxygens (including phenoxy) is 1. The van der Waals surface area contributed by atoms with Gasteiger partial charge in [0.05, 0.1) is 35.8 Å². The van der Waals surface area contributed by atoms with Crippen LogP contribution in [-0.4, -0.2) is 40.6 Å². The minimum Gasteiger partial charge on any atom is -0.368 e. The predicted molar refractivity (Wildman–Crippen MR) is 110 cm³/mol. The Morgan fingerprint density at radius 2 is 1.97 bits per heavy atom. The molecule has 0 N–H and O–H groups in total. The lowest BCUT2D eigenvalue weighted by Gasteiger charge is -2.33. The van der Waals surface area contributed by atoms with Gasteiger partial charge >= 0.3 is 0 Å². The third kappa shape index (κ3) is 3.93. The molecule has 29 heavy (non-hydrogen) atoms. The van der Waals surface area contributed by atoms with Gasteiger partial charge in [-0.1, -0.05) is 35.8 Å². The van der Waals surface area contributed by atoms with Crippen LogP contribution in [0.4, 0.5) is 0 Å². The maximum Gasteiger partial charge on any atom is 0.254 e. The van der Waals surface area contributed by atoms with Crippen LogP contribution in [0, 0.1) is 13.8 Å². The average Bonchev–Trinajstić information content (AvgIpc) is 3.14. The van der Waals surface area contributed by atoms with E-state index in [0.29, 0.717) is 25.3 Å². The summed E-state index contributed by atoms with van der Waals surface area (Å²) in [5.41, 5.74) is 5.24. The molecular formula is C23H25N3O3. The second-order valence-corrected chi connectivity index (χ2v) is 7.34. The minimum atomic E-state index is -0.261. The number of nitrogens with zero attached hydrogens (tertiary/aromatic N) is 3. The fraction of sp³-hybridized carbons (Fsp3) is 0.348. The third-order valence-corrected chi connectivity index (χ3v) is 5.26. The average molecular weight is 391 g/mol. The molecule has 6 heteroatoms. The lowest BCUT2D eigenvalue weighted by atomic mass is 10.1. The van der Waals surface area contributed by atoms with Gasteiger partial charge in [0.25, 0.3) is 5.91 Å². The first-order chi connectivity index (χ1) is 14.1. The summed E-state index contributed by atoms with van der Waals surface area (Å²) in [6, 6.07) is 13.5. The smallest absolute Gasteiger partial charge is 0.254 e. The monoisotopic (exact) mass is 391 g/mol. The number of carbonyl (C=O) groups is 1. The van der Waals surface area contributed by atoms with Crippen LogP contribution in [0.2, 0.25) is 0 Å². The fourth-order valence-corrected chi connectivity index (χ4v) is 3.65. The molecule has 3 aromatic rings. The van der Waals surface area contributed by atoms with Crippen LogP contribution in [0.15, 0.2) is 47.0 Å². The zero-order chi connectivity index (χ0) is 20.4. The van der Waals surface area contributed by atoms with E-state index in [9.17, 15) is 4.79 Å². The lowest BCUT2D eigenvalue weighted by Crippen LogP contribution is -2.42. The first-order valence-electron chi connectivity index (χ1n) is 9.97. The highest BCUT2D eigenvalue weighted by Crippen LogP contribution is 2.29. The number of hydrogen-bond donors (Lipinski definition) is 0. The molecule has 1 atom stereocenters. The van der Waals surface area contributed by atoms with Crippen LogP contribution >= 0.6 is 0 Å². The van der Waals surface area contributed by atoms with Gasteiger partial charge in [0.15, 0.2) is 0 Å². The normalized spacial score (nSPS) is 16.8. The van der Waals surface area contributed by atoms with E-state index in [-0.39, 0.29) is 12.0 Å². The molecular weight excluding hydrogens is 366 g/mol. The van der Waals surface area contributed by atoms with Crippen molar-refractivity contribution in [2.75, 3.05) is 19.7 Å². The fourth-order valence-electron chi connectivity index (χ4n) is 3.65. The third-order valence-electron chi connectivity index (χ3n) is 5.26. The molecule has 1 aliphatic heterocycles. The molecule has 150 valence electrons. The summed E-state index contributed by atoms with van der Waals surface area (Å²) in [7, 11) is 0. The second-order valence-electron chi connectivity index (χ2n) is 7.34. The van der Waals surface area contributed by atoms with Gasteiger partial charge in [0.1, 0.15) is 11.9 Å². The summed E-state index contributed by atoms with van der Waals surface area (Å²) in [5.74, 6) is 0.852. The largest absolute Gasteiger partial charge is 0.368 e. The standard InChI is InChI=1S/C23H25N3O3/c1-4-20-22(16(3)25-29-20)19-7-5-6-18(24-19)21-14-26(12-13-28-21)23(27)17-10-8-15(2)9-11-17/h5-11,21H,4,12-14H2,1-3H3/t21-/m0/s1. The summed E-state index contributed by atoms with van der Waals surface area (Å²) in [5, 5.41) is 4.08. The number of amides is 1. The predicted octanol–water partition coefficient (Wildman–Crippen LogP) is 4.13. The van der Waals surface area contributed by atoms with Crippen molar-refractivity contribution < 1.29 is 14.1 Å².